The maximum Gasteiger partial charge on any atom is 0.252 e. The summed E-state index contributed by atoms with van der Waals surface area (Å²) in [6, 6.07) is 8.22. The fourth-order valence-electron chi connectivity index (χ4n) is 3.47. The van der Waals surface area contributed by atoms with Gasteiger partial charge in [-0.2, -0.15) is 4.31 Å². The average Bonchev–Trinajstić information content (AvgIpc) is 3.11. The predicted octanol–water partition coefficient (Wildman–Crippen LogP) is 2.06. The Hall–Kier alpha value is -2.67. The molecule has 0 aliphatic carbocycles. The normalized spacial score (nSPS) is 15.5. The van der Waals surface area contributed by atoms with Crippen molar-refractivity contribution in [3.63, 3.8) is 0 Å². The number of nitrogens with one attached hydrogen (secondary N) is 2. The molecule has 1 aromatic carbocycles. The smallest absolute Gasteiger partial charge is 0.252 e. The molecule has 2 N–H and O–H groups in total. The number of anilines is 2. The third-order valence-corrected chi connectivity index (χ3v) is 8.44. The van der Waals surface area contributed by atoms with E-state index in [0.717, 1.165) is 11.3 Å². The minimum atomic E-state index is -3.67. The molecule has 0 saturated carbocycles. The van der Waals surface area contributed by atoms with Gasteiger partial charge in [-0.1, -0.05) is 0 Å². The number of hydrogen-bond donors (Lipinski definition) is 2. The van der Waals surface area contributed by atoms with Crippen LogP contribution >= 0.6 is 11.3 Å². The largest absolute Gasteiger partial charge is 0.497 e. The van der Waals surface area contributed by atoms with E-state index in [1.54, 1.807) is 31.4 Å². The van der Waals surface area contributed by atoms with E-state index in [9.17, 15) is 18.0 Å². The zero-order valence-electron chi connectivity index (χ0n) is 18.8. The van der Waals surface area contributed by atoms with Crippen molar-refractivity contribution in [3.05, 3.63) is 30.3 Å². The van der Waals surface area contributed by atoms with Crippen molar-refractivity contribution in [1.82, 2.24) is 9.21 Å². The number of ether oxygens (including phenoxy) is 2. The van der Waals surface area contributed by atoms with Crippen molar-refractivity contribution in [2.45, 2.75) is 17.6 Å². The Morgan fingerprint density at radius 2 is 1.82 bits per heavy atom. The van der Waals surface area contributed by atoms with Gasteiger partial charge in [-0.3, -0.25) is 14.5 Å². The van der Waals surface area contributed by atoms with Crippen LogP contribution < -0.4 is 20.1 Å². The first kappa shape index (κ1) is 25.0. The molecule has 2 aromatic rings. The third kappa shape index (κ3) is 6.44. The van der Waals surface area contributed by atoms with Gasteiger partial charge >= 0.3 is 0 Å². The molecule has 12 heteroatoms. The van der Waals surface area contributed by atoms with Crippen LogP contribution in [-0.4, -0.2) is 76.4 Å². The van der Waals surface area contributed by atoms with E-state index in [0.29, 0.717) is 48.2 Å². The molecular formula is C21H28N4O6S2. The molecule has 0 bridgehead atoms. The lowest BCUT2D eigenvalue weighted by atomic mass is 10.2. The first-order valence-electron chi connectivity index (χ1n) is 10.3. The lowest BCUT2D eigenvalue weighted by molar-refractivity contribution is -0.117. The van der Waals surface area contributed by atoms with Gasteiger partial charge in [-0.15, -0.1) is 11.3 Å². The van der Waals surface area contributed by atoms with Crippen LogP contribution in [0.5, 0.6) is 11.5 Å². The Bertz CT molecular complexity index is 1100. The lowest BCUT2D eigenvalue weighted by Crippen LogP contribution is -2.37. The monoisotopic (exact) mass is 496 g/mol. The second-order valence-corrected chi connectivity index (χ2v) is 10.7. The van der Waals surface area contributed by atoms with Gasteiger partial charge in [0.25, 0.3) is 10.0 Å². The maximum absolute atomic E-state index is 13.0. The number of methoxy groups -OCH3 is 2. The van der Waals surface area contributed by atoms with Gasteiger partial charge in [0.1, 0.15) is 15.7 Å². The highest BCUT2D eigenvalue weighted by Crippen LogP contribution is 2.30. The van der Waals surface area contributed by atoms with Crippen LogP contribution in [0.2, 0.25) is 0 Å². The summed E-state index contributed by atoms with van der Waals surface area (Å²) in [5, 5.41) is 5.93. The number of hydrogen-bond acceptors (Lipinski definition) is 8. The highest BCUT2D eigenvalue weighted by Gasteiger charge is 2.29. The molecule has 1 saturated heterocycles. The lowest BCUT2D eigenvalue weighted by Gasteiger charge is -2.21. The molecule has 180 valence electrons. The minimum absolute atomic E-state index is 0.134. The van der Waals surface area contributed by atoms with Gasteiger partial charge in [-0.05, 0) is 37.2 Å². The summed E-state index contributed by atoms with van der Waals surface area (Å²) < 4.78 is 38.2. The van der Waals surface area contributed by atoms with Crippen LogP contribution in [0, 0.1) is 0 Å². The van der Waals surface area contributed by atoms with Crippen molar-refractivity contribution in [2.24, 2.45) is 0 Å². The van der Waals surface area contributed by atoms with Crippen molar-refractivity contribution in [1.29, 1.82) is 0 Å². The van der Waals surface area contributed by atoms with Crippen molar-refractivity contribution in [2.75, 3.05) is 57.6 Å². The molecule has 0 spiro atoms. The van der Waals surface area contributed by atoms with Gasteiger partial charge in [0.05, 0.1) is 31.5 Å². The maximum atomic E-state index is 13.0. The van der Waals surface area contributed by atoms with E-state index in [4.69, 9.17) is 9.47 Å². The van der Waals surface area contributed by atoms with Gasteiger partial charge in [0.2, 0.25) is 11.8 Å². The van der Waals surface area contributed by atoms with Crippen molar-refractivity contribution >= 4 is 43.9 Å². The summed E-state index contributed by atoms with van der Waals surface area (Å²) in [5.74, 6) is 0.642. The second kappa shape index (κ2) is 11.0. The molecule has 1 aliphatic heterocycles. The fourth-order valence-corrected chi connectivity index (χ4v) is 6.34. The predicted molar refractivity (Wildman–Crippen MR) is 127 cm³/mol. The van der Waals surface area contributed by atoms with Gasteiger partial charge in [0, 0.05) is 32.6 Å². The van der Waals surface area contributed by atoms with Crippen molar-refractivity contribution in [3.8, 4) is 11.5 Å². The van der Waals surface area contributed by atoms with E-state index in [1.165, 1.54) is 24.4 Å². The summed E-state index contributed by atoms with van der Waals surface area (Å²) in [4.78, 5) is 25.7. The van der Waals surface area contributed by atoms with E-state index in [-0.39, 0.29) is 29.1 Å². The number of nitrogens with zero attached hydrogens (tertiary/aromatic N) is 2. The number of amides is 2. The summed E-state index contributed by atoms with van der Waals surface area (Å²) in [7, 11) is -0.605. The zero-order chi connectivity index (χ0) is 24.0. The number of benzene rings is 1. The van der Waals surface area contributed by atoms with Crippen LogP contribution in [0.25, 0.3) is 0 Å². The number of rotatable bonds is 8. The molecule has 1 fully saturated rings. The zero-order valence-corrected chi connectivity index (χ0v) is 20.4. The number of sulfonamides is 1. The second-order valence-electron chi connectivity index (χ2n) is 7.45. The molecule has 1 aromatic heterocycles. The van der Waals surface area contributed by atoms with Crippen LogP contribution in [0.15, 0.2) is 34.5 Å². The molecule has 3 rings (SSSR count). The third-order valence-electron chi connectivity index (χ3n) is 5.07. The summed E-state index contributed by atoms with van der Waals surface area (Å²) in [6.45, 7) is 3.17. The fraction of sp³-hybridized carbons (Fsp3) is 0.429. The molecule has 0 unspecified atom stereocenters. The molecule has 2 amide bonds. The Morgan fingerprint density at radius 1 is 1.03 bits per heavy atom. The topological polar surface area (TPSA) is 117 Å². The summed E-state index contributed by atoms with van der Waals surface area (Å²) in [5.41, 5.74) is 0.537. The Morgan fingerprint density at radius 3 is 2.52 bits per heavy atom. The highest BCUT2D eigenvalue weighted by atomic mass is 32.2. The number of carbonyl (C=O) groups excluding carboxylic acids is 2. The van der Waals surface area contributed by atoms with Crippen LogP contribution in [0.1, 0.15) is 13.3 Å². The van der Waals surface area contributed by atoms with Crippen molar-refractivity contribution < 1.29 is 27.5 Å². The molecule has 10 nitrogen and oxygen atoms in total. The quantitative estimate of drug-likeness (QED) is 0.574. The number of carbonyl (C=O) groups is 2. The summed E-state index contributed by atoms with van der Waals surface area (Å²) in [6.07, 6.45) is 0.599. The Labute approximate surface area is 197 Å². The highest BCUT2D eigenvalue weighted by molar-refractivity contribution is 7.91. The van der Waals surface area contributed by atoms with E-state index < -0.39 is 10.0 Å². The van der Waals surface area contributed by atoms with E-state index in [2.05, 4.69) is 10.6 Å². The SMILES string of the molecule is COc1ccc(NC(=O)CN2CCCN(S(=O)(=O)c3ccc(NC(C)=O)s3)CC2)c(OC)c1. The van der Waals surface area contributed by atoms with Gasteiger partial charge in [-0.25, -0.2) is 8.42 Å². The van der Waals surface area contributed by atoms with Crippen LogP contribution in [-0.2, 0) is 19.6 Å². The molecule has 2 heterocycles. The number of thiophene rings is 1. The summed E-state index contributed by atoms with van der Waals surface area (Å²) >= 11 is 1.03. The standard InChI is InChI=1S/C21H28N4O6S2/c1-15(26)22-20-7-8-21(32-20)33(28,29)25-10-4-9-24(11-12-25)14-19(27)23-17-6-5-16(30-2)13-18(17)31-3/h5-8,13H,4,9-12,14H2,1-3H3,(H,22,26)(H,23,27). The Balaban J connectivity index is 1.59. The van der Waals surface area contributed by atoms with Crippen LogP contribution in [0.4, 0.5) is 10.7 Å². The first-order valence-corrected chi connectivity index (χ1v) is 12.6. The molecule has 33 heavy (non-hydrogen) atoms. The van der Waals surface area contributed by atoms with E-state index in [1.807, 2.05) is 4.90 Å². The Kier molecular flexibility index (Phi) is 8.30. The minimum Gasteiger partial charge on any atom is -0.497 e. The molecule has 1 aliphatic rings. The molecular weight excluding hydrogens is 468 g/mol. The van der Waals surface area contributed by atoms with Gasteiger partial charge in [0.15, 0.2) is 0 Å². The molecule has 0 radical (unpaired) electrons. The van der Waals surface area contributed by atoms with E-state index >= 15 is 0 Å². The average molecular weight is 497 g/mol. The first-order chi connectivity index (χ1) is 15.7. The van der Waals surface area contributed by atoms with Gasteiger partial charge < -0.3 is 20.1 Å². The molecule has 0 atom stereocenters. The van der Waals surface area contributed by atoms with Crippen LogP contribution in [0.3, 0.4) is 0 Å².